The minimum Gasteiger partial charge on any atom is -0.506 e. The predicted molar refractivity (Wildman–Crippen MR) is 88.3 cm³/mol. The van der Waals surface area contributed by atoms with Crippen LogP contribution in [0, 0.1) is 0 Å². The van der Waals surface area contributed by atoms with Gasteiger partial charge < -0.3 is 15.2 Å². The standard InChI is InChI=1S/C17H16BrNO3/c18-12-5-6-14(15(20)10-12)19-17(21)9-11-7-8-22-16-4-2-1-3-13(11)16/h1-6,10-11,20H,7-9H2,(H,19,21). The van der Waals surface area contributed by atoms with Gasteiger partial charge in [0.05, 0.1) is 12.3 Å². The fraction of sp³-hybridized carbons (Fsp3) is 0.235. The topological polar surface area (TPSA) is 58.6 Å². The fourth-order valence-corrected chi connectivity index (χ4v) is 3.01. The van der Waals surface area contributed by atoms with Gasteiger partial charge in [0.1, 0.15) is 11.5 Å². The second-order valence-corrected chi connectivity index (χ2v) is 6.20. The number of halogens is 1. The number of nitrogens with one attached hydrogen (secondary N) is 1. The molecule has 22 heavy (non-hydrogen) atoms. The first kappa shape index (κ1) is 14.9. The van der Waals surface area contributed by atoms with Crippen LogP contribution in [0.5, 0.6) is 11.5 Å². The Bertz CT molecular complexity index is 702. The van der Waals surface area contributed by atoms with Crippen molar-refractivity contribution < 1.29 is 14.6 Å². The number of anilines is 1. The quantitative estimate of drug-likeness (QED) is 0.810. The van der Waals surface area contributed by atoms with Crippen molar-refractivity contribution in [3.05, 3.63) is 52.5 Å². The number of hydrogen-bond acceptors (Lipinski definition) is 3. The molecule has 5 heteroatoms. The summed E-state index contributed by atoms with van der Waals surface area (Å²) in [6, 6.07) is 12.8. The van der Waals surface area contributed by atoms with E-state index in [0.29, 0.717) is 18.7 Å². The molecule has 0 fully saturated rings. The van der Waals surface area contributed by atoms with E-state index in [1.807, 2.05) is 24.3 Å². The monoisotopic (exact) mass is 361 g/mol. The number of aromatic hydroxyl groups is 1. The largest absolute Gasteiger partial charge is 0.506 e. The first-order valence-electron chi connectivity index (χ1n) is 7.13. The maximum atomic E-state index is 12.3. The lowest BCUT2D eigenvalue weighted by molar-refractivity contribution is -0.116. The summed E-state index contributed by atoms with van der Waals surface area (Å²) in [4.78, 5) is 12.3. The van der Waals surface area contributed by atoms with Crippen LogP contribution in [0.1, 0.15) is 24.3 Å². The van der Waals surface area contributed by atoms with Gasteiger partial charge >= 0.3 is 0 Å². The van der Waals surface area contributed by atoms with Crippen LogP contribution in [0.4, 0.5) is 5.69 Å². The van der Waals surface area contributed by atoms with Gasteiger partial charge in [0, 0.05) is 10.9 Å². The van der Waals surface area contributed by atoms with Gasteiger partial charge in [0.15, 0.2) is 0 Å². The van der Waals surface area contributed by atoms with Crippen LogP contribution < -0.4 is 10.1 Å². The molecule has 1 amide bonds. The number of hydrogen-bond donors (Lipinski definition) is 2. The number of fused-ring (bicyclic) bond motifs is 1. The number of carbonyl (C=O) groups is 1. The summed E-state index contributed by atoms with van der Waals surface area (Å²) in [5.41, 5.74) is 1.50. The fourth-order valence-electron chi connectivity index (χ4n) is 2.66. The molecule has 0 saturated heterocycles. The van der Waals surface area contributed by atoms with Gasteiger partial charge in [0.2, 0.25) is 5.91 Å². The molecule has 0 aromatic heterocycles. The van der Waals surface area contributed by atoms with Crippen LogP contribution in [0.2, 0.25) is 0 Å². The van der Waals surface area contributed by atoms with Gasteiger partial charge in [-0.25, -0.2) is 0 Å². The first-order chi connectivity index (χ1) is 10.6. The third-order valence-electron chi connectivity index (χ3n) is 3.75. The smallest absolute Gasteiger partial charge is 0.225 e. The Morgan fingerprint density at radius 1 is 1.32 bits per heavy atom. The van der Waals surface area contributed by atoms with Crippen LogP contribution >= 0.6 is 15.9 Å². The van der Waals surface area contributed by atoms with E-state index in [1.165, 1.54) is 0 Å². The van der Waals surface area contributed by atoms with Crippen molar-refractivity contribution in [2.75, 3.05) is 11.9 Å². The second kappa shape index (κ2) is 6.40. The number of benzene rings is 2. The molecule has 1 unspecified atom stereocenters. The van der Waals surface area contributed by atoms with Gasteiger partial charge in [-0.1, -0.05) is 34.1 Å². The molecule has 4 nitrogen and oxygen atoms in total. The lowest BCUT2D eigenvalue weighted by Gasteiger charge is -2.25. The Morgan fingerprint density at radius 2 is 2.14 bits per heavy atom. The molecule has 2 N–H and O–H groups in total. The van der Waals surface area contributed by atoms with E-state index in [9.17, 15) is 9.90 Å². The highest BCUT2D eigenvalue weighted by Crippen LogP contribution is 2.36. The summed E-state index contributed by atoms with van der Waals surface area (Å²) in [7, 11) is 0. The molecule has 1 aliphatic heterocycles. The molecular formula is C17H16BrNO3. The lowest BCUT2D eigenvalue weighted by atomic mass is 9.90. The Kier molecular flexibility index (Phi) is 4.34. The Morgan fingerprint density at radius 3 is 2.95 bits per heavy atom. The maximum absolute atomic E-state index is 12.3. The summed E-state index contributed by atoms with van der Waals surface area (Å²) in [5.74, 6) is 0.940. The molecule has 2 aromatic rings. The minimum absolute atomic E-state index is 0.0510. The summed E-state index contributed by atoms with van der Waals surface area (Å²) in [6.45, 7) is 0.624. The molecule has 0 aliphatic carbocycles. The molecule has 1 atom stereocenters. The molecule has 0 spiro atoms. The Labute approximate surface area is 137 Å². The van der Waals surface area contributed by atoms with Crippen molar-refractivity contribution in [3.63, 3.8) is 0 Å². The average Bonchev–Trinajstić information content (AvgIpc) is 2.50. The molecule has 114 valence electrons. The van der Waals surface area contributed by atoms with Crippen molar-refractivity contribution in [3.8, 4) is 11.5 Å². The highest BCUT2D eigenvalue weighted by molar-refractivity contribution is 9.10. The first-order valence-corrected chi connectivity index (χ1v) is 7.93. The number of phenols is 1. The molecule has 0 bridgehead atoms. The molecular weight excluding hydrogens is 346 g/mol. The zero-order valence-electron chi connectivity index (χ0n) is 11.9. The number of ether oxygens (including phenoxy) is 1. The summed E-state index contributed by atoms with van der Waals surface area (Å²) < 4.78 is 6.37. The van der Waals surface area contributed by atoms with E-state index in [-0.39, 0.29) is 17.6 Å². The summed E-state index contributed by atoms with van der Waals surface area (Å²) in [5, 5.41) is 12.6. The van der Waals surface area contributed by atoms with Crippen LogP contribution in [0.15, 0.2) is 46.9 Å². The maximum Gasteiger partial charge on any atom is 0.225 e. The van der Waals surface area contributed by atoms with Gasteiger partial charge in [-0.3, -0.25) is 4.79 Å². The number of amides is 1. The van der Waals surface area contributed by atoms with Gasteiger partial charge in [0.25, 0.3) is 0 Å². The normalized spacial score (nSPS) is 16.5. The number of carbonyl (C=O) groups excluding carboxylic acids is 1. The van der Waals surface area contributed by atoms with E-state index < -0.39 is 0 Å². The van der Waals surface area contributed by atoms with Crippen molar-refractivity contribution in [2.45, 2.75) is 18.8 Å². The molecule has 1 heterocycles. The number of phenolic OH excluding ortho intramolecular Hbond substituents is 1. The van der Waals surface area contributed by atoms with E-state index in [0.717, 1.165) is 22.2 Å². The molecule has 3 rings (SSSR count). The third-order valence-corrected chi connectivity index (χ3v) is 4.24. The SMILES string of the molecule is O=C(CC1CCOc2ccccc21)Nc1ccc(Br)cc1O. The van der Waals surface area contributed by atoms with Crippen LogP contribution in [0.25, 0.3) is 0 Å². The average molecular weight is 362 g/mol. The summed E-state index contributed by atoms with van der Waals surface area (Å²) in [6.07, 6.45) is 1.19. The van der Waals surface area contributed by atoms with E-state index >= 15 is 0 Å². The molecule has 1 aliphatic rings. The van der Waals surface area contributed by atoms with E-state index in [4.69, 9.17) is 4.74 Å². The van der Waals surface area contributed by atoms with Gasteiger partial charge in [-0.05, 0) is 42.2 Å². The van der Waals surface area contributed by atoms with Crippen molar-refractivity contribution in [1.82, 2.24) is 0 Å². The third kappa shape index (κ3) is 3.25. The van der Waals surface area contributed by atoms with Crippen molar-refractivity contribution >= 4 is 27.5 Å². The number of para-hydroxylation sites is 1. The molecule has 0 radical (unpaired) electrons. The Balaban J connectivity index is 1.70. The molecule has 0 saturated carbocycles. The summed E-state index contributed by atoms with van der Waals surface area (Å²) >= 11 is 3.27. The highest BCUT2D eigenvalue weighted by Gasteiger charge is 2.23. The van der Waals surface area contributed by atoms with Crippen molar-refractivity contribution in [2.24, 2.45) is 0 Å². The van der Waals surface area contributed by atoms with Crippen LogP contribution in [-0.4, -0.2) is 17.6 Å². The second-order valence-electron chi connectivity index (χ2n) is 5.29. The minimum atomic E-state index is -0.112. The van der Waals surface area contributed by atoms with E-state index in [2.05, 4.69) is 21.2 Å². The van der Waals surface area contributed by atoms with Crippen LogP contribution in [0.3, 0.4) is 0 Å². The Hall–Kier alpha value is -2.01. The highest BCUT2D eigenvalue weighted by atomic mass is 79.9. The predicted octanol–water partition coefficient (Wildman–Crippen LogP) is 4.05. The lowest BCUT2D eigenvalue weighted by Crippen LogP contribution is -2.20. The van der Waals surface area contributed by atoms with Crippen molar-refractivity contribution in [1.29, 1.82) is 0 Å². The zero-order valence-corrected chi connectivity index (χ0v) is 13.5. The molecule has 2 aromatic carbocycles. The number of rotatable bonds is 3. The zero-order chi connectivity index (χ0) is 15.5. The van der Waals surface area contributed by atoms with E-state index in [1.54, 1.807) is 18.2 Å². The van der Waals surface area contributed by atoms with Crippen LogP contribution in [-0.2, 0) is 4.79 Å². The van der Waals surface area contributed by atoms with Gasteiger partial charge in [-0.2, -0.15) is 0 Å². The van der Waals surface area contributed by atoms with Gasteiger partial charge in [-0.15, -0.1) is 0 Å².